The van der Waals surface area contributed by atoms with E-state index in [2.05, 4.69) is 61.2 Å². The van der Waals surface area contributed by atoms with Gasteiger partial charge in [-0.05, 0) is 83.0 Å². The molecular formula is C29H37N7O2. The van der Waals surface area contributed by atoms with E-state index in [0.29, 0.717) is 34.6 Å². The lowest BCUT2D eigenvalue weighted by molar-refractivity contribution is -0.104. The molecule has 38 heavy (non-hydrogen) atoms. The van der Waals surface area contributed by atoms with Crippen LogP contribution in [0.1, 0.15) is 51.7 Å². The molecule has 200 valence electrons. The maximum absolute atomic E-state index is 13.3. The topological polar surface area (TPSA) is 88.3 Å². The van der Waals surface area contributed by atoms with E-state index in [0.717, 1.165) is 25.1 Å². The first-order valence-corrected chi connectivity index (χ1v) is 13.2. The van der Waals surface area contributed by atoms with E-state index < -0.39 is 0 Å². The summed E-state index contributed by atoms with van der Waals surface area (Å²) in [6.45, 7) is 10.7. The van der Waals surface area contributed by atoms with Gasteiger partial charge in [-0.25, -0.2) is 14.3 Å². The Morgan fingerprint density at radius 2 is 2.03 bits per heavy atom. The Bertz CT molecular complexity index is 1500. The average Bonchev–Trinajstić information content (AvgIpc) is 3.56. The number of anilines is 2. The van der Waals surface area contributed by atoms with Crippen molar-refractivity contribution in [3.05, 3.63) is 64.2 Å². The minimum atomic E-state index is -0.176. The number of hydrogen-bond donors (Lipinski definition) is 1. The van der Waals surface area contributed by atoms with Crippen molar-refractivity contribution in [2.45, 2.75) is 64.6 Å². The number of hydrogen-bond acceptors (Lipinski definition) is 7. The summed E-state index contributed by atoms with van der Waals surface area (Å²) < 4.78 is 3.38. The van der Waals surface area contributed by atoms with Crippen molar-refractivity contribution in [3.8, 4) is 0 Å². The Kier molecular flexibility index (Phi) is 6.51. The van der Waals surface area contributed by atoms with Crippen molar-refractivity contribution in [3.63, 3.8) is 0 Å². The Morgan fingerprint density at radius 1 is 1.26 bits per heavy atom. The van der Waals surface area contributed by atoms with E-state index in [4.69, 9.17) is 4.98 Å². The standard InChI is InChI=1S/C29H37N7O2/c1-7-35-26(38)23-16-30-27(31-21-10-11-24-20(15-21)17-33(5)19-29(24)12-13-29)32-25(23)36(35)22(9-8-14-37)18-34(6)28(2,3)4/h8-11,14-16,18H,7,12-13,17,19H2,1-6H3,(H,30,31,32)/b9-8-,22-18+. The van der Waals surface area contributed by atoms with Gasteiger partial charge in [-0.2, -0.15) is 4.98 Å². The molecule has 9 nitrogen and oxygen atoms in total. The number of rotatable bonds is 7. The molecule has 0 amide bonds. The molecule has 1 saturated carbocycles. The highest BCUT2D eigenvalue weighted by molar-refractivity contribution is 5.81. The van der Waals surface area contributed by atoms with Crippen LogP contribution >= 0.6 is 0 Å². The van der Waals surface area contributed by atoms with Crippen molar-refractivity contribution >= 4 is 34.7 Å². The highest BCUT2D eigenvalue weighted by Crippen LogP contribution is 2.52. The number of carbonyl (C=O) groups is 1. The fourth-order valence-electron chi connectivity index (χ4n) is 5.31. The second-order valence-electron chi connectivity index (χ2n) is 11.5. The van der Waals surface area contributed by atoms with Crippen molar-refractivity contribution in [2.24, 2.45) is 0 Å². The number of allylic oxidation sites excluding steroid dienone is 3. The van der Waals surface area contributed by atoms with Crippen molar-refractivity contribution < 1.29 is 4.79 Å². The zero-order chi connectivity index (χ0) is 27.2. The van der Waals surface area contributed by atoms with Crippen molar-refractivity contribution in [2.75, 3.05) is 26.0 Å². The monoisotopic (exact) mass is 515 g/mol. The Morgan fingerprint density at radius 3 is 2.68 bits per heavy atom. The molecule has 0 unspecified atom stereocenters. The second-order valence-corrected chi connectivity index (χ2v) is 11.5. The van der Waals surface area contributed by atoms with E-state index in [1.807, 2.05) is 25.1 Å². The highest BCUT2D eigenvalue weighted by atomic mass is 16.1. The lowest BCUT2D eigenvalue weighted by atomic mass is 9.87. The molecule has 0 radical (unpaired) electrons. The van der Waals surface area contributed by atoms with E-state index in [1.54, 1.807) is 21.6 Å². The summed E-state index contributed by atoms with van der Waals surface area (Å²) in [6, 6.07) is 6.53. The van der Waals surface area contributed by atoms with Crippen LogP contribution in [0.4, 0.5) is 11.6 Å². The zero-order valence-electron chi connectivity index (χ0n) is 23.2. The first kappa shape index (κ1) is 25.9. The predicted octanol–water partition coefficient (Wildman–Crippen LogP) is 4.12. The lowest BCUT2D eigenvalue weighted by Gasteiger charge is -2.32. The summed E-state index contributed by atoms with van der Waals surface area (Å²) in [5.41, 5.74) is 4.84. The third-order valence-electron chi connectivity index (χ3n) is 7.75. The van der Waals surface area contributed by atoms with E-state index in [1.165, 1.54) is 30.0 Å². The van der Waals surface area contributed by atoms with E-state index in [-0.39, 0.29) is 11.1 Å². The minimum Gasteiger partial charge on any atom is -0.374 e. The summed E-state index contributed by atoms with van der Waals surface area (Å²) >= 11 is 0. The summed E-state index contributed by atoms with van der Waals surface area (Å²) in [7, 11) is 4.15. The molecule has 1 N–H and O–H groups in total. The van der Waals surface area contributed by atoms with Gasteiger partial charge in [0.05, 0.1) is 5.70 Å². The first-order chi connectivity index (χ1) is 18.1. The fraction of sp³-hybridized carbons (Fsp3) is 0.448. The number of aldehydes is 1. The molecule has 1 spiro atoms. The molecule has 1 fully saturated rings. The molecule has 1 aromatic carbocycles. The Labute approximate surface area is 223 Å². The summed E-state index contributed by atoms with van der Waals surface area (Å²) in [5, 5.41) is 3.78. The molecule has 9 heteroatoms. The van der Waals surface area contributed by atoms with Gasteiger partial charge >= 0.3 is 0 Å². The molecule has 2 aromatic heterocycles. The number of benzene rings is 1. The summed E-state index contributed by atoms with van der Waals surface area (Å²) in [5.74, 6) is 0.410. The van der Waals surface area contributed by atoms with Gasteiger partial charge in [-0.1, -0.05) is 6.07 Å². The van der Waals surface area contributed by atoms with Gasteiger partial charge in [0.2, 0.25) is 5.95 Å². The third kappa shape index (κ3) is 4.67. The molecule has 2 aliphatic rings. The largest absolute Gasteiger partial charge is 0.374 e. The maximum atomic E-state index is 13.3. The van der Waals surface area contributed by atoms with Crippen molar-refractivity contribution in [1.82, 2.24) is 29.1 Å². The first-order valence-electron chi connectivity index (χ1n) is 13.2. The third-order valence-corrected chi connectivity index (χ3v) is 7.75. The summed E-state index contributed by atoms with van der Waals surface area (Å²) in [6.07, 6.45) is 9.86. The van der Waals surface area contributed by atoms with Crippen LogP contribution in [0.5, 0.6) is 0 Å². The van der Waals surface area contributed by atoms with Crippen LogP contribution in [0.25, 0.3) is 16.7 Å². The van der Waals surface area contributed by atoms with Gasteiger partial charge in [0, 0.05) is 55.7 Å². The molecule has 5 rings (SSSR count). The van der Waals surface area contributed by atoms with Gasteiger partial charge in [0.1, 0.15) is 11.7 Å². The zero-order valence-corrected chi connectivity index (χ0v) is 23.2. The van der Waals surface area contributed by atoms with Gasteiger partial charge in [0.25, 0.3) is 5.56 Å². The van der Waals surface area contributed by atoms with Crippen LogP contribution in [-0.2, 0) is 23.3 Å². The second kappa shape index (κ2) is 9.54. The number of nitrogens with zero attached hydrogens (tertiary/aromatic N) is 6. The van der Waals surface area contributed by atoms with Gasteiger partial charge in [-0.15, -0.1) is 0 Å². The quantitative estimate of drug-likeness (QED) is 0.288. The highest BCUT2D eigenvalue weighted by Gasteiger charge is 2.48. The van der Waals surface area contributed by atoms with Gasteiger partial charge < -0.3 is 15.1 Å². The van der Waals surface area contributed by atoms with Crippen LogP contribution in [0, 0.1) is 0 Å². The maximum Gasteiger partial charge on any atom is 0.278 e. The Hall–Kier alpha value is -3.72. The summed E-state index contributed by atoms with van der Waals surface area (Å²) in [4.78, 5) is 38.2. The van der Waals surface area contributed by atoms with Gasteiger partial charge in [-0.3, -0.25) is 9.59 Å². The van der Waals surface area contributed by atoms with Crippen LogP contribution in [0.15, 0.2) is 47.5 Å². The number of carbonyl (C=O) groups excluding carboxylic acids is 1. The van der Waals surface area contributed by atoms with Crippen molar-refractivity contribution in [1.29, 1.82) is 0 Å². The van der Waals surface area contributed by atoms with Crippen LogP contribution in [0.3, 0.4) is 0 Å². The van der Waals surface area contributed by atoms with E-state index in [9.17, 15) is 9.59 Å². The average molecular weight is 516 g/mol. The number of aromatic nitrogens is 4. The molecule has 1 aliphatic carbocycles. The molecule has 3 heterocycles. The Balaban J connectivity index is 1.58. The molecule has 3 aromatic rings. The smallest absolute Gasteiger partial charge is 0.278 e. The van der Waals surface area contributed by atoms with Crippen LogP contribution in [-0.4, -0.2) is 61.6 Å². The SMILES string of the molecule is CCn1c(=O)c2cnc(Nc3ccc4c(c3)CN(C)CC43CC3)nc2n1C(/C=C\C=O)=C/N(C)C(C)(C)C. The predicted molar refractivity (Wildman–Crippen MR) is 151 cm³/mol. The van der Waals surface area contributed by atoms with Gasteiger partial charge in [0.15, 0.2) is 5.65 Å². The molecule has 0 atom stereocenters. The lowest BCUT2D eigenvalue weighted by Crippen LogP contribution is -2.35. The molecular weight excluding hydrogens is 478 g/mol. The molecule has 1 aliphatic heterocycles. The number of fused-ring (bicyclic) bond motifs is 3. The number of nitrogens with one attached hydrogen (secondary N) is 1. The molecule has 0 saturated heterocycles. The van der Waals surface area contributed by atoms with Crippen LogP contribution in [0.2, 0.25) is 0 Å². The number of likely N-dealkylation sites (N-methyl/N-ethyl adjacent to an activating group) is 1. The molecule has 0 bridgehead atoms. The van der Waals surface area contributed by atoms with E-state index >= 15 is 0 Å². The fourth-order valence-corrected chi connectivity index (χ4v) is 5.31. The van der Waals surface area contributed by atoms with Crippen LogP contribution < -0.4 is 10.9 Å². The minimum absolute atomic E-state index is 0.165. The normalized spacial score (nSPS) is 17.3.